The van der Waals surface area contributed by atoms with Crippen molar-refractivity contribution in [2.45, 2.75) is 39.8 Å². The molecule has 0 radical (unpaired) electrons. The molecule has 3 aromatic rings. The van der Waals surface area contributed by atoms with Gasteiger partial charge in [0.1, 0.15) is 18.2 Å². The van der Waals surface area contributed by atoms with Crippen molar-refractivity contribution in [1.29, 1.82) is 5.26 Å². The summed E-state index contributed by atoms with van der Waals surface area (Å²) in [5, 5.41) is 13.0. The zero-order chi connectivity index (χ0) is 20.2. The molecule has 0 bridgehead atoms. The highest BCUT2D eigenvalue weighted by molar-refractivity contribution is 5.62. The first-order valence-electron chi connectivity index (χ1n) is 9.94. The lowest BCUT2D eigenvalue weighted by atomic mass is 10.0. The summed E-state index contributed by atoms with van der Waals surface area (Å²) in [6.45, 7) is 6.29. The Morgan fingerprint density at radius 3 is 2.83 bits per heavy atom. The van der Waals surface area contributed by atoms with Crippen molar-refractivity contribution in [3.05, 3.63) is 76.5 Å². The van der Waals surface area contributed by atoms with Gasteiger partial charge in [-0.15, -0.1) is 0 Å². The fourth-order valence-corrected chi connectivity index (χ4v) is 3.67. The zero-order valence-electron chi connectivity index (χ0n) is 16.8. The molecule has 6 heteroatoms. The van der Waals surface area contributed by atoms with Gasteiger partial charge in [-0.25, -0.2) is 9.97 Å². The van der Waals surface area contributed by atoms with Gasteiger partial charge in [0.05, 0.1) is 16.9 Å². The third kappa shape index (κ3) is 4.04. The fourth-order valence-electron chi connectivity index (χ4n) is 3.67. The molecule has 0 atom stereocenters. The number of hydrogen-bond acceptors (Lipinski definition) is 6. The maximum Gasteiger partial charge on any atom is 0.134 e. The van der Waals surface area contributed by atoms with Gasteiger partial charge in [0.15, 0.2) is 0 Å². The van der Waals surface area contributed by atoms with E-state index in [2.05, 4.69) is 56.4 Å². The molecule has 0 aliphatic carbocycles. The second-order valence-corrected chi connectivity index (χ2v) is 7.32. The Bertz CT molecular complexity index is 1050. The summed E-state index contributed by atoms with van der Waals surface area (Å²) in [4.78, 5) is 15.7. The van der Waals surface area contributed by atoms with Crippen LogP contribution in [0.2, 0.25) is 0 Å². The third-order valence-corrected chi connectivity index (χ3v) is 5.32. The maximum atomic E-state index is 9.55. The van der Waals surface area contributed by atoms with Crippen LogP contribution in [-0.4, -0.2) is 21.5 Å². The third-order valence-electron chi connectivity index (χ3n) is 5.32. The lowest BCUT2D eigenvalue weighted by Crippen LogP contribution is -2.32. The molecule has 0 unspecified atom stereocenters. The Kier molecular flexibility index (Phi) is 5.39. The van der Waals surface area contributed by atoms with E-state index >= 15 is 0 Å². The number of aromatic nitrogens is 3. The monoisotopic (exact) mass is 384 g/mol. The first-order valence-corrected chi connectivity index (χ1v) is 9.94. The second-order valence-electron chi connectivity index (χ2n) is 7.32. The number of pyridine rings is 1. The largest absolute Gasteiger partial charge is 0.366 e. The van der Waals surface area contributed by atoms with Gasteiger partial charge < -0.3 is 10.2 Å². The lowest BCUT2D eigenvalue weighted by molar-refractivity contribution is 0.705. The Morgan fingerprint density at radius 2 is 2.07 bits per heavy atom. The minimum Gasteiger partial charge on any atom is -0.366 e. The van der Waals surface area contributed by atoms with Crippen LogP contribution < -0.4 is 10.2 Å². The van der Waals surface area contributed by atoms with E-state index in [1.807, 2.05) is 25.3 Å². The number of nitrogens with zero attached hydrogens (tertiary/aromatic N) is 5. The molecule has 4 rings (SSSR count). The first kappa shape index (κ1) is 18.9. The highest BCUT2D eigenvalue weighted by Gasteiger charge is 2.23. The van der Waals surface area contributed by atoms with E-state index in [0.29, 0.717) is 18.7 Å². The molecule has 0 amide bonds. The van der Waals surface area contributed by atoms with Crippen molar-refractivity contribution >= 4 is 11.5 Å². The summed E-state index contributed by atoms with van der Waals surface area (Å²) >= 11 is 0. The van der Waals surface area contributed by atoms with Gasteiger partial charge in [0, 0.05) is 43.5 Å². The van der Waals surface area contributed by atoms with Gasteiger partial charge in [0.25, 0.3) is 0 Å². The van der Waals surface area contributed by atoms with Crippen molar-refractivity contribution < 1.29 is 0 Å². The number of aryl methyl sites for hydroxylation is 2. The van der Waals surface area contributed by atoms with Gasteiger partial charge >= 0.3 is 0 Å². The first-order chi connectivity index (χ1) is 14.2. The molecule has 1 aromatic carbocycles. The van der Waals surface area contributed by atoms with Crippen LogP contribution in [0.1, 0.15) is 40.6 Å². The Labute approximate surface area is 171 Å². The number of fused-ring (bicyclic) bond motifs is 1. The van der Waals surface area contributed by atoms with Gasteiger partial charge in [-0.1, -0.05) is 19.1 Å². The topological polar surface area (TPSA) is 77.7 Å². The summed E-state index contributed by atoms with van der Waals surface area (Å²) < 4.78 is 0. The highest BCUT2D eigenvalue weighted by atomic mass is 15.2. The molecule has 0 spiro atoms. The van der Waals surface area contributed by atoms with Gasteiger partial charge in [-0.3, -0.25) is 4.98 Å². The quantitative estimate of drug-likeness (QED) is 0.721. The molecular weight excluding hydrogens is 360 g/mol. The molecule has 6 nitrogen and oxygen atoms in total. The van der Waals surface area contributed by atoms with E-state index in [1.54, 1.807) is 6.33 Å². The van der Waals surface area contributed by atoms with Crippen LogP contribution in [0.5, 0.6) is 0 Å². The van der Waals surface area contributed by atoms with Crippen LogP contribution >= 0.6 is 0 Å². The number of rotatable bonds is 5. The Balaban J connectivity index is 1.55. The van der Waals surface area contributed by atoms with Crippen LogP contribution in [0, 0.1) is 18.3 Å². The van der Waals surface area contributed by atoms with E-state index in [-0.39, 0.29) is 0 Å². The molecule has 146 valence electrons. The molecule has 1 aliphatic rings. The summed E-state index contributed by atoms with van der Waals surface area (Å²) in [5.74, 6) is 0.852. The van der Waals surface area contributed by atoms with Crippen molar-refractivity contribution in [3.8, 4) is 6.07 Å². The van der Waals surface area contributed by atoms with Crippen LogP contribution in [0.4, 0.5) is 11.5 Å². The van der Waals surface area contributed by atoms with E-state index in [1.165, 1.54) is 0 Å². The predicted octanol–water partition coefficient (Wildman–Crippen LogP) is 3.79. The number of benzene rings is 1. The molecule has 0 fully saturated rings. The molecule has 1 N–H and O–H groups in total. The zero-order valence-corrected chi connectivity index (χ0v) is 16.8. The van der Waals surface area contributed by atoms with Crippen molar-refractivity contribution in [2.75, 3.05) is 16.8 Å². The summed E-state index contributed by atoms with van der Waals surface area (Å²) in [6, 6.07) is 12.5. The summed E-state index contributed by atoms with van der Waals surface area (Å²) in [6.07, 6.45) is 5.31. The number of anilines is 2. The Morgan fingerprint density at radius 1 is 1.17 bits per heavy atom. The standard InChI is InChI=1S/C23H24N6/c1-3-19-6-5-17(12-25-19)13-26-23-20-14-29(9-8-21(20)27-15-28-23)22-7-4-16(2)10-18(22)11-24/h4-7,10,12,15H,3,8-9,13-14H2,1-2H3,(H,26,27,28). The minimum atomic E-state index is 0.661. The van der Waals surface area contributed by atoms with Gasteiger partial charge in [0.2, 0.25) is 0 Å². The Hall–Kier alpha value is -3.46. The van der Waals surface area contributed by atoms with Crippen molar-refractivity contribution in [2.24, 2.45) is 0 Å². The van der Waals surface area contributed by atoms with Crippen molar-refractivity contribution in [3.63, 3.8) is 0 Å². The predicted molar refractivity (Wildman–Crippen MR) is 114 cm³/mol. The summed E-state index contributed by atoms with van der Waals surface area (Å²) in [7, 11) is 0. The molecule has 2 aromatic heterocycles. The number of hydrogen-bond donors (Lipinski definition) is 1. The SMILES string of the molecule is CCc1ccc(CNc2ncnc3c2CN(c2ccc(C)cc2C#N)CC3)cn1. The van der Waals surface area contributed by atoms with E-state index in [0.717, 1.165) is 59.0 Å². The van der Waals surface area contributed by atoms with E-state index in [4.69, 9.17) is 0 Å². The van der Waals surface area contributed by atoms with Crippen LogP contribution in [0.25, 0.3) is 0 Å². The van der Waals surface area contributed by atoms with Gasteiger partial charge in [-0.2, -0.15) is 5.26 Å². The summed E-state index contributed by atoms with van der Waals surface area (Å²) in [5.41, 5.74) is 7.16. The van der Waals surface area contributed by atoms with Gasteiger partial charge in [-0.05, 0) is 42.7 Å². The van der Waals surface area contributed by atoms with Crippen LogP contribution in [0.15, 0.2) is 42.9 Å². The minimum absolute atomic E-state index is 0.661. The fraction of sp³-hybridized carbons (Fsp3) is 0.304. The van der Waals surface area contributed by atoms with E-state index in [9.17, 15) is 5.26 Å². The molecule has 0 saturated heterocycles. The lowest BCUT2D eigenvalue weighted by Gasteiger charge is -2.31. The molecule has 3 heterocycles. The van der Waals surface area contributed by atoms with Crippen molar-refractivity contribution in [1.82, 2.24) is 15.0 Å². The maximum absolute atomic E-state index is 9.55. The normalized spacial score (nSPS) is 12.9. The molecule has 1 aliphatic heterocycles. The second kappa shape index (κ2) is 8.27. The molecule has 0 saturated carbocycles. The number of nitrogens with one attached hydrogen (secondary N) is 1. The van der Waals surface area contributed by atoms with Crippen LogP contribution in [-0.2, 0) is 25.9 Å². The smallest absolute Gasteiger partial charge is 0.134 e. The molecule has 29 heavy (non-hydrogen) atoms. The average Bonchev–Trinajstić information content (AvgIpc) is 2.77. The average molecular weight is 384 g/mol. The number of nitriles is 1. The van der Waals surface area contributed by atoms with Crippen LogP contribution in [0.3, 0.4) is 0 Å². The highest BCUT2D eigenvalue weighted by Crippen LogP contribution is 2.29. The van der Waals surface area contributed by atoms with E-state index < -0.39 is 0 Å². The molecular formula is C23H24N6.